The molecule has 4 rings (SSSR count). The first-order chi connectivity index (χ1) is 12.3. The fraction of sp³-hybridized carbons (Fsp3) is 0.111. The smallest absolute Gasteiger partial charge is 0.247 e. The van der Waals surface area contributed by atoms with E-state index in [4.69, 9.17) is 4.52 Å². The standard InChI is InChI=1S/C18H15N5O2/c24-16(13-7-3-1-4-8-13)18-21-19-12-23(18)11-15-20-17(22-25-15)14-9-5-2-6-10-14/h1-10,12,16,24H,11H2/t16-/m0/s1. The zero-order valence-electron chi connectivity index (χ0n) is 13.2. The lowest BCUT2D eigenvalue weighted by Crippen LogP contribution is -2.10. The van der Waals surface area contributed by atoms with Crippen molar-refractivity contribution in [1.29, 1.82) is 0 Å². The fourth-order valence-electron chi connectivity index (χ4n) is 2.55. The van der Waals surface area contributed by atoms with E-state index < -0.39 is 6.10 Å². The van der Waals surface area contributed by atoms with Crippen LogP contribution in [0.2, 0.25) is 0 Å². The van der Waals surface area contributed by atoms with E-state index in [0.29, 0.717) is 17.5 Å². The number of hydrogen-bond donors (Lipinski definition) is 1. The van der Waals surface area contributed by atoms with Crippen molar-refractivity contribution in [2.75, 3.05) is 0 Å². The van der Waals surface area contributed by atoms with Crippen LogP contribution in [0.4, 0.5) is 0 Å². The normalized spacial score (nSPS) is 12.2. The predicted molar refractivity (Wildman–Crippen MR) is 89.4 cm³/mol. The van der Waals surface area contributed by atoms with Gasteiger partial charge in [0.1, 0.15) is 19.0 Å². The third-order valence-electron chi connectivity index (χ3n) is 3.81. The molecule has 2 heterocycles. The van der Waals surface area contributed by atoms with Crippen LogP contribution in [-0.2, 0) is 6.54 Å². The molecule has 0 amide bonds. The summed E-state index contributed by atoms with van der Waals surface area (Å²) in [4.78, 5) is 4.39. The molecule has 0 saturated heterocycles. The fourth-order valence-corrected chi connectivity index (χ4v) is 2.55. The van der Waals surface area contributed by atoms with Gasteiger partial charge in [-0.3, -0.25) is 0 Å². The maximum absolute atomic E-state index is 10.5. The minimum Gasteiger partial charge on any atom is -0.380 e. The van der Waals surface area contributed by atoms with Crippen LogP contribution in [0.25, 0.3) is 11.4 Å². The lowest BCUT2D eigenvalue weighted by atomic mass is 10.1. The molecule has 1 N–H and O–H groups in total. The van der Waals surface area contributed by atoms with Gasteiger partial charge in [0.2, 0.25) is 11.7 Å². The summed E-state index contributed by atoms with van der Waals surface area (Å²) in [6, 6.07) is 18.9. The average Bonchev–Trinajstić information content (AvgIpc) is 3.33. The summed E-state index contributed by atoms with van der Waals surface area (Å²) in [6.45, 7) is 0.284. The summed E-state index contributed by atoms with van der Waals surface area (Å²) in [6.07, 6.45) is 0.661. The third kappa shape index (κ3) is 3.17. The Morgan fingerprint density at radius 2 is 1.72 bits per heavy atom. The molecule has 2 aromatic carbocycles. The molecule has 7 heteroatoms. The van der Waals surface area contributed by atoms with E-state index in [1.165, 1.54) is 6.33 Å². The largest absolute Gasteiger partial charge is 0.380 e. The monoisotopic (exact) mass is 333 g/mol. The molecule has 2 aromatic heterocycles. The Morgan fingerprint density at radius 1 is 1.00 bits per heavy atom. The number of hydrogen-bond acceptors (Lipinski definition) is 6. The molecule has 7 nitrogen and oxygen atoms in total. The summed E-state index contributed by atoms with van der Waals surface area (Å²) in [5.41, 5.74) is 1.62. The topological polar surface area (TPSA) is 89.9 Å². The number of benzene rings is 2. The van der Waals surface area contributed by atoms with E-state index in [-0.39, 0.29) is 6.54 Å². The van der Waals surface area contributed by atoms with Crippen molar-refractivity contribution in [3.63, 3.8) is 0 Å². The summed E-state index contributed by atoms with van der Waals surface area (Å²) in [5, 5.41) is 22.4. The number of rotatable bonds is 5. The molecule has 4 aromatic rings. The Morgan fingerprint density at radius 3 is 2.48 bits per heavy atom. The van der Waals surface area contributed by atoms with Crippen molar-refractivity contribution in [2.24, 2.45) is 0 Å². The number of aromatic nitrogens is 5. The average molecular weight is 333 g/mol. The Bertz CT molecular complexity index is 950. The van der Waals surface area contributed by atoms with Crippen LogP contribution in [0.5, 0.6) is 0 Å². The molecule has 1 atom stereocenters. The van der Waals surface area contributed by atoms with Crippen molar-refractivity contribution in [2.45, 2.75) is 12.6 Å². The summed E-state index contributed by atoms with van der Waals surface area (Å²) >= 11 is 0. The van der Waals surface area contributed by atoms with Crippen LogP contribution in [-0.4, -0.2) is 30.0 Å². The highest BCUT2D eigenvalue weighted by atomic mass is 16.5. The zero-order valence-corrected chi connectivity index (χ0v) is 13.2. The first-order valence-corrected chi connectivity index (χ1v) is 7.80. The molecule has 0 saturated carbocycles. The summed E-state index contributed by atoms with van der Waals surface area (Å²) in [7, 11) is 0. The minimum absolute atomic E-state index is 0.284. The molecule has 25 heavy (non-hydrogen) atoms. The molecular weight excluding hydrogens is 318 g/mol. The van der Waals surface area contributed by atoms with Crippen LogP contribution < -0.4 is 0 Å². The Labute approximate surface area is 143 Å². The van der Waals surface area contributed by atoms with Crippen LogP contribution >= 0.6 is 0 Å². The molecule has 0 aliphatic rings. The lowest BCUT2D eigenvalue weighted by molar-refractivity contribution is 0.203. The van der Waals surface area contributed by atoms with E-state index in [9.17, 15) is 5.11 Å². The maximum atomic E-state index is 10.5. The molecule has 0 bridgehead atoms. The highest BCUT2D eigenvalue weighted by Gasteiger charge is 2.19. The van der Waals surface area contributed by atoms with Crippen molar-refractivity contribution in [1.82, 2.24) is 24.9 Å². The van der Waals surface area contributed by atoms with Gasteiger partial charge in [0, 0.05) is 5.56 Å². The number of nitrogens with zero attached hydrogens (tertiary/aromatic N) is 5. The highest BCUT2D eigenvalue weighted by molar-refractivity contribution is 5.53. The SMILES string of the molecule is O[C@@H](c1ccccc1)c1nncn1Cc1nc(-c2ccccc2)no1. The Hall–Kier alpha value is -3.32. The van der Waals surface area contributed by atoms with E-state index in [2.05, 4.69) is 20.3 Å². The van der Waals surface area contributed by atoms with Gasteiger partial charge >= 0.3 is 0 Å². The highest BCUT2D eigenvalue weighted by Crippen LogP contribution is 2.21. The molecular formula is C18H15N5O2. The van der Waals surface area contributed by atoms with Gasteiger partial charge in [0.15, 0.2) is 5.82 Å². The minimum atomic E-state index is -0.875. The van der Waals surface area contributed by atoms with Crippen LogP contribution in [0.3, 0.4) is 0 Å². The molecule has 0 fully saturated rings. The van der Waals surface area contributed by atoms with Crippen molar-refractivity contribution >= 4 is 0 Å². The van der Waals surface area contributed by atoms with E-state index >= 15 is 0 Å². The van der Waals surface area contributed by atoms with E-state index in [0.717, 1.165) is 11.1 Å². The van der Waals surface area contributed by atoms with E-state index in [1.54, 1.807) is 4.57 Å². The third-order valence-corrected chi connectivity index (χ3v) is 3.81. The second-order valence-electron chi connectivity index (χ2n) is 5.51. The summed E-state index contributed by atoms with van der Waals surface area (Å²) in [5.74, 6) is 1.36. The van der Waals surface area contributed by atoms with Crippen molar-refractivity contribution in [3.8, 4) is 11.4 Å². The van der Waals surface area contributed by atoms with Gasteiger partial charge in [-0.25, -0.2) is 0 Å². The van der Waals surface area contributed by atoms with Gasteiger partial charge < -0.3 is 14.2 Å². The second-order valence-corrected chi connectivity index (χ2v) is 5.51. The van der Waals surface area contributed by atoms with Crippen LogP contribution in [0.1, 0.15) is 23.4 Å². The molecule has 0 aliphatic heterocycles. The number of aliphatic hydroxyl groups excluding tert-OH is 1. The van der Waals surface area contributed by atoms with Crippen molar-refractivity contribution in [3.05, 3.63) is 84.3 Å². The van der Waals surface area contributed by atoms with Crippen molar-refractivity contribution < 1.29 is 9.63 Å². The number of aliphatic hydroxyl groups is 1. The zero-order chi connectivity index (χ0) is 17.1. The molecule has 124 valence electrons. The quantitative estimate of drug-likeness (QED) is 0.603. The van der Waals surface area contributed by atoms with Gasteiger partial charge in [-0.15, -0.1) is 10.2 Å². The van der Waals surface area contributed by atoms with Crippen LogP contribution in [0, 0.1) is 0 Å². The Balaban J connectivity index is 1.57. The summed E-state index contributed by atoms with van der Waals surface area (Å²) < 4.78 is 7.01. The van der Waals surface area contributed by atoms with Gasteiger partial charge in [0.25, 0.3) is 0 Å². The molecule has 0 spiro atoms. The first kappa shape index (κ1) is 15.2. The molecule has 0 unspecified atom stereocenters. The molecule has 0 radical (unpaired) electrons. The Kier molecular flexibility index (Phi) is 4.05. The van der Waals surface area contributed by atoms with Gasteiger partial charge in [-0.05, 0) is 5.56 Å². The predicted octanol–water partition coefficient (Wildman–Crippen LogP) is 2.46. The van der Waals surface area contributed by atoms with Gasteiger partial charge in [-0.2, -0.15) is 4.98 Å². The van der Waals surface area contributed by atoms with Gasteiger partial charge in [-0.1, -0.05) is 65.8 Å². The molecule has 0 aliphatic carbocycles. The maximum Gasteiger partial charge on any atom is 0.247 e. The second kappa shape index (κ2) is 6.66. The van der Waals surface area contributed by atoms with E-state index in [1.807, 2.05) is 60.7 Å². The van der Waals surface area contributed by atoms with Crippen LogP contribution in [0.15, 0.2) is 71.5 Å². The van der Waals surface area contributed by atoms with Gasteiger partial charge in [0.05, 0.1) is 0 Å². The first-order valence-electron chi connectivity index (χ1n) is 7.80. The lowest BCUT2D eigenvalue weighted by Gasteiger charge is -2.11.